The van der Waals surface area contributed by atoms with Crippen molar-refractivity contribution in [1.82, 2.24) is 19.9 Å². The van der Waals surface area contributed by atoms with Crippen LogP contribution in [0.1, 0.15) is 17.0 Å². The lowest BCUT2D eigenvalue weighted by Gasteiger charge is -2.37. The number of rotatable bonds is 3. The molecule has 0 atom stereocenters. The van der Waals surface area contributed by atoms with Crippen LogP contribution in [-0.4, -0.2) is 79.3 Å². The summed E-state index contributed by atoms with van der Waals surface area (Å²) in [6, 6.07) is 10.8. The molecule has 1 aromatic carbocycles. The van der Waals surface area contributed by atoms with Gasteiger partial charge in [-0.3, -0.25) is 0 Å². The van der Waals surface area contributed by atoms with E-state index < -0.39 is 0 Å². The van der Waals surface area contributed by atoms with Gasteiger partial charge in [-0.2, -0.15) is 0 Å². The second-order valence-corrected chi connectivity index (χ2v) is 9.16. The van der Waals surface area contributed by atoms with Gasteiger partial charge in [0.1, 0.15) is 23.3 Å². The summed E-state index contributed by atoms with van der Waals surface area (Å²) in [4.78, 5) is 24.1. The van der Waals surface area contributed by atoms with Crippen molar-refractivity contribution in [3.8, 4) is 0 Å². The largest absolute Gasteiger partial charge is 0.354 e. The average Bonchev–Trinajstić information content (AvgIpc) is 2.80. The Balaban J connectivity index is 1.32. The van der Waals surface area contributed by atoms with E-state index >= 15 is 0 Å². The molecule has 2 aromatic heterocycles. The molecule has 7 nitrogen and oxygen atoms in total. The van der Waals surface area contributed by atoms with Crippen LogP contribution in [0.4, 0.5) is 17.5 Å². The third-order valence-corrected chi connectivity index (χ3v) is 6.80. The van der Waals surface area contributed by atoms with Crippen molar-refractivity contribution >= 4 is 28.4 Å². The third-order valence-electron chi connectivity index (χ3n) is 6.80. The lowest BCUT2D eigenvalue weighted by molar-refractivity contribution is 0.312. The molecule has 0 unspecified atom stereocenters. The fourth-order valence-corrected chi connectivity index (χ4v) is 4.77. The van der Waals surface area contributed by atoms with Crippen molar-refractivity contribution in [2.75, 3.05) is 74.1 Å². The first-order valence-corrected chi connectivity index (χ1v) is 11.6. The number of likely N-dealkylation sites (N-methyl/N-ethyl adjacent to an activating group) is 1. The zero-order chi connectivity index (χ0) is 22.2. The van der Waals surface area contributed by atoms with Gasteiger partial charge in [-0.05, 0) is 45.0 Å². The highest BCUT2D eigenvalue weighted by molar-refractivity contribution is 5.86. The molecule has 2 saturated heterocycles. The summed E-state index contributed by atoms with van der Waals surface area (Å²) < 4.78 is 0. The molecule has 7 heteroatoms. The van der Waals surface area contributed by atoms with Crippen LogP contribution in [-0.2, 0) is 0 Å². The van der Waals surface area contributed by atoms with Crippen molar-refractivity contribution < 1.29 is 0 Å². The predicted molar refractivity (Wildman–Crippen MR) is 132 cm³/mol. The van der Waals surface area contributed by atoms with Crippen molar-refractivity contribution in [3.63, 3.8) is 0 Å². The second-order valence-electron chi connectivity index (χ2n) is 9.16. The number of benzene rings is 1. The van der Waals surface area contributed by atoms with Crippen LogP contribution < -0.4 is 14.7 Å². The normalized spacial score (nSPS) is 17.9. The van der Waals surface area contributed by atoms with Crippen LogP contribution in [0.5, 0.6) is 0 Å². The molecule has 0 spiro atoms. The van der Waals surface area contributed by atoms with Gasteiger partial charge in [0.05, 0.1) is 5.52 Å². The number of anilines is 3. The average molecular weight is 432 g/mol. The van der Waals surface area contributed by atoms with E-state index in [1.165, 1.54) is 16.5 Å². The maximum Gasteiger partial charge on any atom is 0.134 e. The van der Waals surface area contributed by atoms with Crippen molar-refractivity contribution in [3.05, 3.63) is 47.3 Å². The summed E-state index contributed by atoms with van der Waals surface area (Å²) in [5.74, 6) is 4.04. The fourth-order valence-electron chi connectivity index (χ4n) is 4.77. The Labute approximate surface area is 190 Å². The smallest absolute Gasteiger partial charge is 0.134 e. The molecule has 0 bridgehead atoms. The van der Waals surface area contributed by atoms with Gasteiger partial charge in [-0.15, -0.1) is 0 Å². The molecule has 0 N–H and O–H groups in total. The number of aromatic nitrogens is 3. The molecule has 32 heavy (non-hydrogen) atoms. The Morgan fingerprint density at radius 3 is 1.75 bits per heavy atom. The fraction of sp³-hybridized carbons (Fsp3) is 0.480. The van der Waals surface area contributed by atoms with E-state index in [0.717, 1.165) is 81.2 Å². The predicted octanol–water partition coefficient (Wildman–Crippen LogP) is 3.03. The van der Waals surface area contributed by atoms with Crippen LogP contribution in [0.25, 0.3) is 10.9 Å². The van der Waals surface area contributed by atoms with Crippen molar-refractivity contribution in [2.24, 2.45) is 0 Å². The van der Waals surface area contributed by atoms with Gasteiger partial charge in [0.2, 0.25) is 0 Å². The molecule has 0 aliphatic carbocycles. The summed E-state index contributed by atoms with van der Waals surface area (Å²) in [6.45, 7) is 14.3. The lowest BCUT2D eigenvalue weighted by atomic mass is 10.1. The Kier molecular flexibility index (Phi) is 5.59. The summed E-state index contributed by atoms with van der Waals surface area (Å²) in [5, 5.41) is 1.25. The first kappa shape index (κ1) is 20.9. The second kappa shape index (κ2) is 8.54. The first-order chi connectivity index (χ1) is 15.5. The molecule has 0 saturated carbocycles. The molecule has 168 valence electrons. The monoisotopic (exact) mass is 431 g/mol. The highest BCUT2D eigenvalue weighted by Crippen LogP contribution is 2.27. The molecule has 2 aliphatic rings. The number of nitrogens with zero attached hydrogens (tertiary/aromatic N) is 7. The maximum atomic E-state index is 5.02. The number of para-hydroxylation sites is 1. The third kappa shape index (κ3) is 4.09. The van der Waals surface area contributed by atoms with E-state index in [0.29, 0.717) is 0 Å². The van der Waals surface area contributed by atoms with Crippen molar-refractivity contribution in [2.45, 2.75) is 20.8 Å². The highest BCUT2D eigenvalue weighted by atomic mass is 15.3. The Hall–Kier alpha value is -2.93. The van der Waals surface area contributed by atoms with E-state index in [-0.39, 0.29) is 0 Å². The topological polar surface area (TPSA) is 51.6 Å². The zero-order valence-electron chi connectivity index (χ0n) is 19.7. The van der Waals surface area contributed by atoms with Gasteiger partial charge in [0.15, 0.2) is 0 Å². The number of pyridine rings is 1. The molecule has 5 rings (SSSR count). The summed E-state index contributed by atoms with van der Waals surface area (Å²) in [6.07, 6.45) is 0. The number of hydrogen-bond donors (Lipinski definition) is 0. The van der Waals surface area contributed by atoms with E-state index in [1.807, 2.05) is 6.92 Å². The maximum absolute atomic E-state index is 5.02. The minimum atomic E-state index is 0.848. The van der Waals surface area contributed by atoms with E-state index in [1.54, 1.807) is 0 Å². The SMILES string of the molecule is Cc1nc(N2CCN(C)CC2)cc(N2CCN(c3cc(C)c4cccc(C)c4n3)CC2)n1. The quantitative estimate of drug-likeness (QED) is 0.632. The molecule has 2 aliphatic heterocycles. The minimum Gasteiger partial charge on any atom is -0.354 e. The van der Waals surface area contributed by atoms with Gasteiger partial charge >= 0.3 is 0 Å². The molecular formula is C25H33N7. The van der Waals surface area contributed by atoms with Crippen LogP contribution >= 0.6 is 0 Å². The molecule has 3 aromatic rings. The summed E-state index contributed by atoms with van der Waals surface area (Å²) in [7, 11) is 2.18. The molecular weight excluding hydrogens is 398 g/mol. The lowest BCUT2D eigenvalue weighted by Crippen LogP contribution is -2.47. The van der Waals surface area contributed by atoms with Gasteiger partial charge in [0.25, 0.3) is 0 Å². The van der Waals surface area contributed by atoms with E-state index in [9.17, 15) is 0 Å². The standard InChI is InChI=1S/C25H33N7/c1-18-6-5-7-21-19(2)16-22(28-25(18)21)31-12-14-32(15-13-31)24-17-23(26-20(3)27-24)30-10-8-29(4)9-11-30/h5-7,16-17H,8-15H2,1-4H3. The van der Waals surface area contributed by atoms with Crippen LogP contribution in [0, 0.1) is 20.8 Å². The van der Waals surface area contributed by atoms with Crippen molar-refractivity contribution in [1.29, 1.82) is 0 Å². The van der Waals surface area contributed by atoms with Gasteiger partial charge < -0.3 is 19.6 Å². The van der Waals surface area contributed by atoms with Crippen LogP contribution in [0.3, 0.4) is 0 Å². The van der Waals surface area contributed by atoms with Crippen LogP contribution in [0.2, 0.25) is 0 Å². The summed E-state index contributed by atoms with van der Waals surface area (Å²) in [5.41, 5.74) is 3.64. The van der Waals surface area contributed by atoms with Gasteiger partial charge in [0, 0.05) is 63.8 Å². The molecule has 0 radical (unpaired) electrons. The Bertz CT molecular complexity index is 1110. The first-order valence-electron chi connectivity index (χ1n) is 11.6. The van der Waals surface area contributed by atoms with E-state index in [4.69, 9.17) is 15.0 Å². The number of aryl methyl sites for hydroxylation is 3. The van der Waals surface area contributed by atoms with E-state index in [2.05, 4.69) is 70.8 Å². The highest BCUT2D eigenvalue weighted by Gasteiger charge is 2.22. The summed E-state index contributed by atoms with van der Waals surface area (Å²) >= 11 is 0. The zero-order valence-corrected chi connectivity index (χ0v) is 19.7. The minimum absolute atomic E-state index is 0.848. The Morgan fingerprint density at radius 1 is 0.625 bits per heavy atom. The number of piperazine rings is 2. The number of hydrogen-bond acceptors (Lipinski definition) is 7. The number of fused-ring (bicyclic) bond motifs is 1. The molecule has 4 heterocycles. The van der Waals surface area contributed by atoms with Crippen LogP contribution in [0.15, 0.2) is 30.3 Å². The Morgan fingerprint density at radius 2 is 1.16 bits per heavy atom. The van der Waals surface area contributed by atoms with Gasteiger partial charge in [-0.1, -0.05) is 18.2 Å². The van der Waals surface area contributed by atoms with Gasteiger partial charge in [-0.25, -0.2) is 15.0 Å². The molecule has 0 amide bonds. The molecule has 2 fully saturated rings.